The Bertz CT molecular complexity index is 90.1. The van der Waals surface area contributed by atoms with Gasteiger partial charge in [0.25, 0.3) is 0 Å². The maximum Gasteiger partial charge on any atom is 0.0260 e. The van der Waals surface area contributed by atoms with Gasteiger partial charge < -0.3 is 0 Å². The summed E-state index contributed by atoms with van der Waals surface area (Å²) in [4.78, 5) is 0. The molecule has 42 valence electrons. The molecule has 0 N–H and O–H groups in total. The minimum atomic E-state index is -0.453. The summed E-state index contributed by atoms with van der Waals surface area (Å²) in [6.07, 6.45) is 1.17. The Kier molecular flexibility index (Phi) is 1.47. The highest BCUT2D eigenvalue weighted by Gasteiger charge is 2.15. The van der Waals surface area contributed by atoms with Gasteiger partial charge in [0.15, 0.2) is 0 Å². The summed E-state index contributed by atoms with van der Waals surface area (Å²) >= 11 is 0. The van der Waals surface area contributed by atoms with Crippen molar-refractivity contribution in [3.8, 4) is 0 Å². The van der Waals surface area contributed by atoms with Crippen LogP contribution in [0, 0.1) is 5.92 Å². The molecule has 0 aromatic carbocycles. The summed E-state index contributed by atoms with van der Waals surface area (Å²) in [6, 6.07) is 0. The quantitative estimate of drug-likeness (QED) is 0.459. The summed E-state index contributed by atoms with van der Waals surface area (Å²) in [5, 5.41) is 0. The van der Waals surface area contributed by atoms with E-state index in [4.69, 9.17) is 0 Å². The van der Waals surface area contributed by atoms with E-state index in [1.807, 2.05) is 0 Å². The normalized spacial score (nSPS) is 41.9. The Balaban J connectivity index is 2.40. The van der Waals surface area contributed by atoms with Gasteiger partial charge in [0, 0.05) is 22.3 Å². The molecule has 0 saturated carbocycles. The molecule has 1 aliphatic rings. The van der Waals surface area contributed by atoms with Gasteiger partial charge in [-0.3, -0.25) is 4.21 Å². The van der Waals surface area contributed by atoms with Crippen LogP contribution < -0.4 is 0 Å². The van der Waals surface area contributed by atoms with Crippen LogP contribution in [-0.2, 0) is 10.8 Å². The van der Waals surface area contributed by atoms with Gasteiger partial charge in [0.2, 0.25) is 0 Å². The lowest BCUT2D eigenvalue weighted by Crippen LogP contribution is -1.92. The molecule has 0 amide bonds. The monoisotopic (exact) mass is 118 g/mol. The minimum absolute atomic E-state index is 0.453. The molecule has 0 bridgehead atoms. The van der Waals surface area contributed by atoms with Crippen LogP contribution in [0.1, 0.15) is 13.3 Å². The lowest BCUT2D eigenvalue weighted by molar-refractivity contribution is 0.664. The minimum Gasteiger partial charge on any atom is -0.260 e. The average Bonchev–Trinajstić information content (AvgIpc) is 1.87. The molecule has 0 aromatic rings. The van der Waals surface area contributed by atoms with Gasteiger partial charge in [-0.1, -0.05) is 6.92 Å². The third-order valence-electron chi connectivity index (χ3n) is 1.31. The first kappa shape index (κ1) is 5.29. The Morgan fingerprint density at radius 3 is 2.57 bits per heavy atom. The molecule has 1 heterocycles. The molecule has 1 unspecified atom stereocenters. The van der Waals surface area contributed by atoms with E-state index in [2.05, 4.69) is 6.92 Å². The second-order valence-electron chi connectivity index (χ2n) is 2.20. The van der Waals surface area contributed by atoms with Gasteiger partial charge in [0.05, 0.1) is 0 Å². The van der Waals surface area contributed by atoms with Crippen LogP contribution in [0.2, 0.25) is 0 Å². The second-order valence-corrected chi connectivity index (χ2v) is 3.83. The molecular weight excluding hydrogens is 108 g/mol. The van der Waals surface area contributed by atoms with Crippen molar-refractivity contribution >= 4 is 10.8 Å². The maximum atomic E-state index is 10.6. The van der Waals surface area contributed by atoms with Crippen molar-refractivity contribution in [3.05, 3.63) is 0 Å². The topological polar surface area (TPSA) is 17.1 Å². The summed E-state index contributed by atoms with van der Waals surface area (Å²) in [7, 11) is -0.453. The van der Waals surface area contributed by atoms with Crippen LogP contribution in [0.4, 0.5) is 0 Å². The second kappa shape index (κ2) is 1.95. The van der Waals surface area contributed by atoms with Crippen molar-refractivity contribution in [3.63, 3.8) is 0 Å². The molecule has 1 saturated heterocycles. The van der Waals surface area contributed by atoms with Crippen molar-refractivity contribution in [1.82, 2.24) is 0 Å². The molecule has 1 aliphatic heterocycles. The van der Waals surface area contributed by atoms with Crippen molar-refractivity contribution in [2.75, 3.05) is 11.5 Å². The molecule has 7 heavy (non-hydrogen) atoms. The van der Waals surface area contributed by atoms with E-state index in [0.29, 0.717) is 0 Å². The van der Waals surface area contributed by atoms with Gasteiger partial charge >= 0.3 is 0 Å². The molecule has 1 rings (SSSR count). The Labute approximate surface area is 46.6 Å². The zero-order valence-electron chi connectivity index (χ0n) is 4.52. The van der Waals surface area contributed by atoms with E-state index >= 15 is 0 Å². The number of hydrogen-bond donors (Lipinski definition) is 0. The molecule has 1 fully saturated rings. The van der Waals surface area contributed by atoms with E-state index in [1.54, 1.807) is 0 Å². The van der Waals surface area contributed by atoms with E-state index in [1.165, 1.54) is 6.42 Å². The SMILES string of the molecule is C[C@H]1CCS(=O)C1. The fourth-order valence-electron chi connectivity index (χ4n) is 0.817. The first-order valence-electron chi connectivity index (χ1n) is 2.64. The van der Waals surface area contributed by atoms with Crippen molar-refractivity contribution < 1.29 is 4.21 Å². The van der Waals surface area contributed by atoms with Crippen LogP contribution >= 0.6 is 0 Å². The Morgan fingerprint density at radius 2 is 2.43 bits per heavy atom. The predicted molar refractivity (Wildman–Crippen MR) is 31.7 cm³/mol. The van der Waals surface area contributed by atoms with E-state index < -0.39 is 10.8 Å². The zero-order valence-corrected chi connectivity index (χ0v) is 5.33. The summed E-state index contributed by atoms with van der Waals surface area (Å²) in [5.74, 6) is 2.61. The molecule has 0 spiro atoms. The smallest absolute Gasteiger partial charge is 0.0260 e. The average molecular weight is 118 g/mol. The number of hydrogen-bond acceptors (Lipinski definition) is 1. The first-order chi connectivity index (χ1) is 3.29. The first-order valence-corrected chi connectivity index (χ1v) is 4.13. The Morgan fingerprint density at radius 1 is 1.71 bits per heavy atom. The third kappa shape index (κ3) is 1.27. The van der Waals surface area contributed by atoms with Crippen molar-refractivity contribution in [2.45, 2.75) is 13.3 Å². The predicted octanol–water partition coefficient (Wildman–Crippen LogP) is 0.775. The summed E-state index contributed by atoms with van der Waals surface area (Å²) < 4.78 is 10.6. The van der Waals surface area contributed by atoms with Crippen LogP contribution in [0.5, 0.6) is 0 Å². The molecule has 0 aromatic heterocycles. The highest BCUT2D eigenvalue weighted by atomic mass is 32.2. The van der Waals surface area contributed by atoms with Crippen LogP contribution in [0.3, 0.4) is 0 Å². The van der Waals surface area contributed by atoms with Gasteiger partial charge in [-0.15, -0.1) is 0 Å². The van der Waals surface area contributed by atoms with Crippen LogP contribution in [-0.4, -0.2) is 15.7 Å². The highest BCUT2D eigenvalue weighted by Crippen LogP contribution is 2.12. The van der Waals surface area contributed by atoms with E-state index in [0.717, 1.165) is 17.4 Å². The van der Waals surface area contributed by atoms with E-state index in [-0.39, 0.29) is 0 Å². The van der Waals surface area contributed by atoms with Crippen molar-refractivity contribution in [2.24, 2.45) is 5.92 Å². The molecule has 2 atom stereocenters. The van der Waals surface area contributed by atoms with Gasteiger partial charge in [-0.25, -0.2) is 0 Å². The lowest BCUT2D eigenvalue weighted by atomic mass is 10.2. The molecule has 1 nitrogen and oxygen atoms in total. The largest absolute Gasteiger partial charge is 0.260 e. The van der Waals surface area contributed by atoms with Gasteiger partial charge in [-0.05, 0) is 12.3 Å². The fraction of sp³-hybridized carbons (Fsp3) is 1.00. The number of rotatable bonds is 0. The molecule has 0 radical (unpaired) electrons. The summed E-state index contributed by atoms with van der Waals surface area (Å²) in [6.45, 7) is 2.16. The summed E-state index contributed by atoms with van der Waals surface area (Å²) in [5.41, 5.74) is 0. The van der Waals surface area contributed by atoms with E-state index in [9.17, 15) is 4.21 Å². The highest BCUT2D eigenvalue weighted by molar-refractivity contribution is 7.85. The lowest BCUT2D eigenvalue weighted by Gasteiger charge is -1.89. The fourth-order valence-corrected chi connectivity index (χ4v) is 2.45. The van der Waals surface area contributed by atoms with Gasteiger partial charge in [-0.2, -0.15) is 0 Å². The van der Waals surface area contributed by atoms with Crippen molar-refractivity contribution in [1.29, 1.82) is 0 Å². The maximum absolute atomic E-state index is 10.6. The van der Waals surface area contributed by atoms with Crippen LogP contribution in [0.25, 0.3) is 0 Å². The molecule has 2 heteroatoms. The third-order valence-corrected chi connectivity index (χ3v) is 2.94. The van der Waals surface area contributed by atoms with Gasteiger partial charge in [0.1, 0.15) is 0 Å². The Hall–Kier alpha value is 0.150. The molecule has 0 aliphatic carbocycles. The standard InChI is InChI=1S/C5H10OS/c1-5-2-3-7(6)4-5/h5H,2-4H2,1H3/t5-,7?/m0/s1. The molecular formula is C5H10OS. The van der Waals surface area contributed by atoms with Crippen LogP contribution in [0.15, 0.2) is 0 Å². The zero-order chi connectivity index (χ0) is 5.28.